The van der Waals surface area contributed by atoms with Crippen molar-refractivity contribution < 1.29 is 14.3 Å². The van der Waals surface area contributed by atoms with Gasteiger partial charge in [-0.1, -0.05) is 35.9 Å². The van der Waals surface area contributed by atoms with E-state index < -0.39 is 0 Å². The summed E-state index contributed by atoms with van der Waals surface area (Å²) in [5, 5.41) is 0. The van der Waals surface area contributed by atoms with Crippen LogP contribution in [-0.2, 0) is 11.3 Å². The molecule has 4 rings (SSSR count). The maximum absolute atomic E-state index is 12.3. The molecule has 2 aliphatic heterocycles. The number of hydrogen-bond acceptors (Lipinski definition) is 4. The normalized spacial score (nSPS) is 18.2. The highest BCUT2D eigenvalue weighted by atomic mass is 16.5. The molecule has 0 aromatic heterocycles. The van der Waals surface area contributed by atoms with Crippen LogP contribution in [0.1, 0.15) is 43.7 Å². The first-order chi connectivity index (χ1) is 15.0. The molecule has 2 aliphatic rings. The van der Waals surface area contributed by atoms with E-state index in [-0.39, 0.29) is 11.5 Å². The van der Waals surface area contributed by atoms with Gasteiger partial charge in [-0.25, -0.2) is 0 Å². The van der Waals surface area contributed by atoms with E-state index in [1.165, 1.54) is 5.56 Å². The van der Waals surface area contributed by atoms with Crippen molar-refractivity contribution in [2.24, 2.45) is 0 Å². The summed E-state index contributed by atoms with van der Waals surface area (Å²) in [6.07, 6.45) is 4.08. The lowest BCUT2D eigenvalue weighted by molar-refractivity contribution is -0.132. The van der Waals surface area contributed by atoms with Crippen LogP contribution in [0, 0.1) is 6.92 Å². The van der Waals surface area contributed by atoms with Gasteiger partial charge in [-0.05, 0) is 44.5 Å². The van der Waals surface area contributed by atoms with Crippen molar-refractivity contribution in [3.05, 3.63) is 59.7 Å². The molecule has 1 spiro atoms. The Kier molecular flexibility index (Phi) is 6.81. The Morgan fingerprint density at radius 1 is 1.10 bits per heavy atom. The van der Waals surface area contributed by atoms with E-state index in [2.05, 4.69) is 30.0 Å². The lowest BCUT2D eigenvalue weighted by Gasteiger charge is -2.42. The second kappa shape index (κ2) is 9.73. The van der Waals surface area contributed by atoms with Gasteiger partial charge in [0.1, 0.15) is 17.1 Å². The number of unbranched alkanes of at least 4 members (excludes halogenated alkanes) is 1. The molecule has 1 amide bonds. The molecule has 2 heterocycles. The van der Waals surface area contributed by atoms with Crippen molar-refractivity contribution in [1.29, 1.82) is 0 Å². The van der Waals surface area contributed by atoms with Crippen LogP contribution in [0.5, 0.6) is 11.5 Å². The number of rotatable bonds is 6. The Morgan fingerprint density at radius 3 is 2.61 bits per heavy atom. The molecule has 0 aliphatic carbocycles. The summed E-state index contributed by atoms with van der Waals surface area (Å²) in [4.78, 5) is 16.8. The first-order valence-electron chi connectivity index (χ1n) is 11.5. The van der Waals surface area contributed by atoms with Crippen LogP contribution in [0.25, 0.3) is 0 Å². The average Bonchev–Trinajstić information content (AvgIpc) is 2.92. The van der Waals surface area contributed by atoms with Gasteiger partial charge in [-0.15, -0.1) is 0 Å². The van der Waals surface area contributed by atoms with Gasteiger partial charge in [-0.2, -0.15) is 0 Å². The molecule has 1 fully saturated rings. The third-order valence-electron chi connectivity index (χ3n) is 6.48. The molecule has 0 atom stereocenters. The van der Waals surface area contributed by atoms with Gasteiger partial charge in [0.05, 0.1) is 13.2 Å². The highest BCUT2D eigenvalue weighted by Crippen LogP contribution is 2.36. The highest BCUT2D eigenvalue weighted by molar-refractivity contribution is 5.73. The van der Waals surface area contributed by atoms with Crippen molar-refractivity contribution in [1.82, 2.24) is 9.80 Å². The molecular weight excluding hydrogens is 388 g/mol. The molecule has 0 N–H and O–H groups in total. The van der Waals surface area contributed by atoms with Gasteiger partial charge in [0, 0.05) is 45.0 Å². The molecule has 2 aromatic rings. The Morgan fingerprint density at radius 2 is 1.87 bits per heavy atom. The summed E-state index contributed by atoms with van der Waals surface area (Å²) in [7, 11) is 0. The van der Waals surface area contributed by atoms with Crippen LogP contribution in [0.15, 0.2) is 48.5 Å². The largest absolute Gasteiger partial charge is 0.494 e. The number of ether oxygens (including phenoxy) is 2. The molecule has 31 heavy (non-hydrogen) atoms. The number of piperidine rings is 1. The van der Waals surface area contributed by atoms with E-state index >= 15 is 0 Å². The van der Waals surface area contributed by atoms with E-state index in [4.69, 9.17) is 9.47 Å². The summed E-state index contributed by atoms with van der Waals surface area (Å²) < 4.78 is 12.4. The minimum Gasteiger partial charge on any atom is -0.494 e. The van der Waals surface area contributed by atoms with E-state index in [1.54, 1.807) is 6.92 Å². The van der Waals surface area contributed by atoms with Crippen LogP contribution in [0.3, 0.4) is 0 Å². The monoisotopic (exact) mass is 422 g/mol. The number of amides is 1. The summed E-state index contributed by atoms with van der Waals surface area (Å²) in [5.74, 6) is 2.01. The number of likely N-dealkylation sites (tertiary alicyclic amines) is 1. The number of hydrogen-bond donors (Lipinski definition) is 0. The van der Waals surface area contributed by atoms with Gasteiger partial charge < -0.3 is 19.3 Å². The van der Waals surface area contributed by atoms with Crippen LogP contribution >= 0.6 is 0 Å². The van der Waals surface area contributed by atoms with Crippen molar-refractivity contribution in [3.63, 3.8) is 0 Å². The predicted octanol–water partition coefficient (Wildman–Crippen LogP) is 4.43. The number of para-hydroxylation sites is 1. The lowest BCUT2D eigenvalue weighted by atomic mass is 9.90. The third kappa shape index (κ3) is 5.59. The molecule has 0 bridgehead atoms. The number of benzene rings is 2. The number of carbonyl (C=O) groups is 1. The molecule has 0 radical (unpaired) electrons. The molecule has 5 nitrogen and oxygen atoms in total. The topological polar surface area (TPSA) is 42.0 Å². The minimum atomic E-state index is -0.279. The summed E-state index contributed by atoms with van der Waals surface area (Å²) in [6, 6.07) is 16.3. The quantitative estimate of drug-likeness (QED) is 0.646. The number of carbonyl (C=O) groups excluding carboxylic acids is 1. The molecule has 1 saturated heterocycles. The third-order valence-corrected chi connectivity index (χ3v) is 6.48. The summed E-state index contributed by atoms with van der Waals surface area (Å²) >= 11 is 0. The van der Waals surface area contributed by atoms with Crippen molar-refractivity contribution in [2.45, 2.75) is 51.7 Å². The molecular formula is C26H34N2O3. The summed E-state index contributed by atoms with van der Waals surface area (Å²) in [6.45, 7) is 8.92. The second-order valence-corrected chi connectivity index (χ2v) is 8.98. The molecule has 0 saturated carbocycles. The van der Waals surface area contributed by atoms with Crippen LogP contribution in [0.4, 0.5) is 0 Å². The van der Waals surface area contributed by atoms with Gasteiger partial charge in [-0.3, -0.25) is 4.79 Å². The second-order valence-electron chi connectivity index (χ2n) is 8.98. The zero-order valence-electron chi connectivity index (χ0n) is 18.8. The first kappa shape index (κ1) is 21.7. The van der Waals surface area contributed by atoms with E-state index in [0.717, 1.165) is 69.0 Å². The Balaban J connectivity index is 1.29. The van der Waals surface area contributed by atoms with Gasteiger partial charge in [0.15, 0.2) is 0 Å². The van der Waals surface area contributed by atoms with E-state index in [1.807, 2.05) is 35.2 Å². The first-order valence-corrected chi connectivity index (χ1v) is 11.5. The number of aryl methyl sites for hydroxylation is 1. The van der Waals surface area contributed by atoms with Gasteiger partial charge in [0.25, 0.3) is 0 Å². The van der Waals surface area contributed by atoms with Crippen molar-refractivity contribution in [3.8, 4) is 11.5 Å². The fourth-order valence-corrected chi connectivity index (χ4v) is 4.62. The fraction of sp³-hybridized carbons (Fsp3) is 0.500. The fourth-order valence-electron chi connectivity index (χ4n) is 4.62. The Labute approximate surface area is 185 Å². The van der Waals surface area contributed by atoms with Gasteiger partial charge >= 0.3 is 0 Å². The average molecular weight is 423 g/mol. The molecule has 0 unspecified atom stereocenters. The van der Waals surface area contributed by atoms with E-state index in [0.29, 0.717) is 13.1 Å². The smallest absolute Gasteiger partial charge is 0.219 e. The molecule has 2 aromatic carbocycles. The zero-order valence-corrected chi connectivity index (χ0v) is 18.8. The number of nitrogens with zero attached hydrogens (tertiary/aromatic N) is 2. The minimum absolute atomic E-state index is 0.123. The highest BCUT2D eigenvalue weighted by Gasteiger charge is 2.41. The molecule has 166 valence electrons. The zero-order chi connectivity index (χ0) is 21.7. The van der Waals surface area contributed by atoms with E-state index in [9.17, 15) is 4.79 Å². The Bertz CT molecular complexity index is 875. The van der Waals surface area contributed by atoms with Crippen LogP contribution < -0.4 is 9.47 Å². The van der Waals surface area contributed by atoms with Crippen LogP contribution in [0.2, 0.25) is 0 Å². The summed E-state index contributed by atoms with van der Waals surface area (Å²) in [5.41, 5.74) is 2.04. The molecule has 5 heteroatoms. The van der Waals surface area contributed by atoms with Crippen molar-refractivity contribution >= 4 is 5.91 Å². The maximum Gasteiger partial charge on any atom is 0.219 e. The van der Waals surface area contributed by atoms with Crippen LogP contribution in [-0.4, -0.2) is 54.1 Å². The maximum atomic E-state index is 12.3. The predicted molar refractivity (Wildman–Crippen MR) is 122 cm³/mol. The lowest BCUT2D eigenvalue weighted by Crippen LogP contribution is -2.54. The van der Waals surface area contributed by atoms with Gasteiger partial charge in [0.2, 0.25) is 5.91 Å². The Hall–Kier alpha value is -2.53. The standard InChI is InChI=1S/C26H34N2O3/c1-21-10-11-25-23(18-21)19-28(22(2)29)20-26(31-25)12-15-27(16-13-26)14-6-7-17-30-24-8-4-3-5-9-24/h3-5,8-11,18H,6-7,12-17,19-20H2,1-2H3. The van der Waals surface area contributed by atoms with Crippen molar-refractivity contribution in [2.75, 3.05) is 32.8 Å². The number of fused-ring (bicyclic) bond motifs is 1. The SMILES string of the molecule is CC(=O)N1Cc2cc(C)ccc2OC2(CCN(CCCCOc3ccccc3)CC2)C1.